The van der Waals surface area contributed by atoms with Gasteiger partial charge in [-0.05, 0) is 12.1 Å². The Morgan fingerprint density at radius 2 is 2.20 bits per heavy atom. The van der Waals surface area contributed by atoms with Crippen molar-refractivity contribution in [1.29, 1.82) is 0 Å². The van der Waals surface area contributed by atoms with E-state index in [1.807, 2.05) is 18.2 Å². The molecule has 0 bridgehead atoms. The van der Waals surface area contributed by atoms with Crippen LogP contribution in [0.2, 0.25) is 0 Å². The summed E-state index contributed by atoms with van der Waals surface area (Å²) in [6.07, 6.45) is 6.29. The van der Waals surface area contributed by atoms with Crippen LogP contribution in [0, 0.1) is 6.04 Å². The first kappa shape index (κ1) is 10.1. The summed E-state index contributed by atoms with van der Waals surface area (Å²) in [6.45, 7) is 0. The molecule has 0 heterocycles. The molecule has 1 rings (SSSR count). The molecule has 0 saturated heterocycles. The van der Waals surface area contributed by atoms with Crippen molar-refractivity contribution in [3.63, 3.8) is 0 Å². The Labute approximate surface area is 75.9 Å². The van der Waals surface area contributed by atoms with Gasteiger partial charge in [-0.1, -0.05) is 0 Å². The molecule has 4 heteroatoms. The maximum atomic E-state index is 5.43. The molecule has 0 amide bonds. The van der Waals surface area contributed by atoms with Crippen molar-refractivity contribution in [2.75, 3.05) is 0 Å². The second-order valence-electron chi connectivity index (χ2n) is 1.85. The SMILES string of the molecule is NC1=CC=C[C-](N)C1.[Ni][Br]. The quantitative estimate of drug-likeness (QED) is 0.498. The Balaban J connectivity index is 0.000000371. The summed E-state index contributed by atoms with van der Waals surface area (Å²) in [6, 6.07) is 0.838. The number of halogens is 1. The topological polar surface area (TPSA) is 52.0 Å². The maximum absolute atomic E-state index is 5.43. The van der Waals surface area contributed by atoms with Gasteiger partial charge in [0.2, 0.25) is 0 Å². The van der Waals surface area contributed by atoms with E-state index in [1.165, 1.54) is 0 Å². The zero-order valence-corrected chi connectivity index (χ0v) is 7.86. The van der Waals surface area contributed by atoms with Gasteiger partial charge in [-0.3, -0.25) is 0 Å². The summed E-state index contributed by atoms with van der Waals surface area (Å²) < 4.78 is 0. The minimum atomic E-state index is 0.719. The molecule has 0 aromatic heterocycles. The summed E-state index contributed by atoms with van der Waals surface area (Å²) >= 11 is 6.25. The van der Waals surface area contributed by atoms with Gasteiger partial charge in [-0.25, -0.2) is 12.2 Å². The normalized spacial score (nSPS) is 15.6. The Morgan fingerprint density at radius 1 is 1.60 bits per heavy atom. The molecule has 0 saturated carbocycles. The summed E-state index contributed by atoms with van der Waals surface area (Å²) in [4.78, 5) is 0. The molecular formula is C6H9BrN2Ni-. The molecule has 0 atom stereocenters. The van der Waals surface area contributed by atoms with Crippen LogP contribution >= 0.6 is 14.2 Å². The zero-order chi connectivity index (χ0) is 7.98. The monoisotopic (exact) mass is 246 g/mol. The van der Waals surface area contributed by atoms with Crippen molar-refractivity contribution in [3.8, 4) is 0 Å². The Hall–Kier alpha value is 0.0835. The van der Waals surface area contributed by atoms with Crippen LogP contribution in [0.4, 0.5) is 0 Å². The van der Waals surface area contributed by atoms with Crippen LogP contribution in [0.15, 0.2) is 23.9 Å². The number of allylic oxidation sites excluding steroid dienone is 2. The summed E-state index contributed by atoms with van der Waals surface area (Å²) in [7, 11) is 0. The summed E-state index contributed by atoms with van der Waals surface area (Å²) in [5.41, 5.74) is 11.7. The zero-order valence-electron chi connectivity index (χ0n) is 5.29. The molecule has 61 valence electrons. The average molecular weight is 248 g/mol. The van der Waals surface area contributed by atoms with Crippen molar-refractivity contribution >= 4 is 14.2 Å². The van der Waals surface area contributed by atoms with Gasteiger partial charge in [-0.15, -0.1) is 6.08 Å². The molecule has 0 unspecified atom stereocenters. The Morgan fingerprint density at radius 3 is 2.50 bits per heavy atom. The van der Waals surface area contributed by atoms with Gasteiger partial charge in [0.15, 0.2) is 0 Å². The van der Waals surface area contributed by atoms with E-state index < -0.39 is 0 Å². The molecule has 0 spiro atoms. The molecule has 0 aliphatic heterocycles. The average Bonchev–Trinajstić information content (AvgIpc) is 1.91. The van der Waals surface area contributed by atoms with E-state index in [-0.39, 0.29) is 0 Å². The van der Waals surface area contributed by atoms with Gasteiger partial charge in [0.05, 0.1) is 0 Å². The van der Waals surface area contributed by atoms with Crippen LogP contribution in [-0.4, -0.2) is 0 Å². The van der Waals surface area contributed by atoms with Gasteiger partial charge < -0.3 is 11.5 Å². The molecule has 2 nitrogen and oxygen atoms in total. The molecule has 10 heavy (non-hydrogen) atoms. The fourth-order valence-corrected chi connectivity index (χ4v) is 0.649. The van der Waals surface area contributed by atoms with Crippen molar-refractivity contribution in [2.24, 2.45) is 11.5 Å². The van der Waals surface area contributed by atoms with E-state index in [1.54, 1.807) is 0 Å². The third kappa shape index (κ3) is 3.99. The van der Waals surface area contributed by atoms with Gasteiger partial charge >= 0.3 is 27.9 Å². The van der Waals surface area contributed by atoms with Crippen molar-refractivity contribution < 1.29 is 13.7 Å². The van der Waals surface area contributed by atoms with Crippen LogP contribution in [0.3, 0.4) is 0 Å². The van der Waals surface area contributed by atoms with Crippen LogP contribution in [0.1, 0.15) is 6.42 Å². The third-order valence-corrected chi connectivity index (χ3v) is 1.03. The van der Waals surface area contributed by atoms with E-state index >= 15 is 0 Å². The molecular weight excluding hydrogens is 239 g/mol. The Kier molecular flexibility index (Phi) is 5.89. The van der Waals surface area contributed by atoms with Gasteiger partial charge in [0, 0.05) is 0 Å². The third-order valence-electron chi connectivity index (χ3n) is 1.03. The first-order chi connectivity index (χ1) is 4.79. The first-order valence-electron chi connectivity index (χ1n) is 2.65. The van der Waals surface area contributed by atoms with Crippen LogP contribution in [0.5, 0.6) is 0 Å². The second-order valence-corrected chi connectivity index (χ2v) is 1.85. The molecule has 0 radical (unpaired) electrons. The summed E-state index contributed by atoms with van der Waals surface area (Å²) in [5.74, 6) is 0. The summed E-state index contributed by atoms with van der Waals surface area (Å²) in [5, 5.41) is 0. The Bertz CT molecular complexity index is 145. The molecule has 1 aliphatic carbocycles. The molecule has 4 N–H and O–H groups in total. The fourth-order valence-electron chi connectivity index (χ4n) is 0.649. The number of hydrogen-bond donors (Lipinski definition) is 2. The van der Waals surface area contributed by atoms with Crippen LogP contribution in [-0.2, 0) is 13.7 Å². The van der Waals surface area contributed by atoms with E-state index in [0.717, 1.165) is 18.2 Å². The molecule has 0 aromatic carbocycles. The number of hydrogen-bond acceptors (Lipinski definition) is 2. The predicted molar refractivity (Wildman–Crippen MR) is 42.4 cm³/mol. The van der Waals surface area contributed by atoms with Crippen molar-refractivity contribution in [2.45, 2.75) is 6.42 Å². The van der Waals surface area contributed by atoms with Crippen molar-refractivity contribution in [1.82, 2.24) is 0 Å². The second kappa shape index (κ2) is 5.84. The van der Waals surface area contributed by atoms with Crippen LogP contribution in [0.25, 0.3) is 0 Å². The van der Waals surface area contributed by atoms with E-state index in [0.29, 0.717) is 0 Å². The molecule has 0 aromatic rings. The van der Waals surface area contributed by atoms with Crippen LogP contribution < -0.4 is 11.5 Å². The van der Waals surface area contributed by atoms with Gasteiger partial charge in [-0.2, -0.15) is 6.04 Å². The number of nitrogens with two attached hydrogens (primary N) is 2. The van der Waals surface area contributed by atoms with E-state index in [2.05, 4.69) is 27.9 Å². The standard InChI is InChI=1S/C6H9N2.BrH.Ni/c7-5-2-1-3-6(8)4-5;;/h1-3H,4,7-8H2;1H;/q-1;;+1/p-1. The van der Waals surface area contributed by atoms with Crippen molar-refractivity contribution in [3.05, 3.63) is 30.0 Å². The predicted octanol–water partition coefficient (Wildman–Crippen LogP) is 1.12. The van der Waals surface area contributed by atoms with Gasteiger partial charge in [0.1, 0.15) is 0 Å². The molecule has 0 fully saturated rings. The number of rotatable bonds is 0. The fraction of sp³-hybridized carbons (Fsp3) is 0.167. The van der Waals surface area contributed by atoms with Gasteiger partial charge in [0.25, 0.3) is 0 Å². The van der Waals surface area contributed by atoms with E-state index in [9.17, 15) is 0 Å². The minimum absolute atomic E-state index is 0.719. The molecule has 1 aliphatic rings. The first-order valence-corrected chi connectivity index (χ1v) is 5.09. The van der Waals surface area contributed by atoms with E-state index in [4.69, 9.17) is 11.5 Å².